The first kappa shape index (κ1) is 8.17. The van der Waals surface area contributed by atoms with E-state index in [0.717, 1.165) is 10.9 Å². The van der Waals surface area contributed by atoms with Gasteiger partial charge in [-0.1, -0.05) is 0 Å². The van der Waals surface area contributed by atoms with Gasteiger partial charge in [-0.3, -0.25) is 4.98 Å². The first-order valence-corrected chi connectivity index (χ1v) is 4.19. The molecule has 1 aromatic heterocycles. The minimum absolute atomic E-state index is 0.191. The van der Waals surface area contributed by atoms with E-state index in [1.807, 2.05) is 19.1 Å². The molecule has 0 aliphatic heterocycles. The number of rotatable bonds is 0. The number of halogens is 1. The Labute approximate surface area is 76.2 Å². The van der Waals surface area contributed by atoms with Crippen LogP contribution in [0.2, 0.25) is 0 Å². The number of hydrogen-bond acceptors (Lipinski definition) is 1. The predicted molar refractivity (Wildman–Crippen MR) is 51.2 cm³/mol. The lowest BCUT2D eigenvalue weighted by molar-refractivity contribution is 0.620. The summed E-state index contributed by atoms with van der Waals surface area (Å²) < 4.78 is 13.1. The molecule has 0 atom stereocenters. The van der Waals surface area contributed by atoms with Crippen LogP contribution in [0.3, 0.4) is 0 Å². The largest absolute Gasteiger partial charge is 0.256 e. The molecule has 0 bridgehead atoms. The molecule has 0 aliphatic rings. The molecule has 2 heteroatoms. The molecule has 0 unspecified atom stereocenters. The van der Waals surface area contributed by atoms with Crippen LogP contribution in [0.1, 0.15) is 11.1 Å². The van der Waals surface area contributed by atoms with E-state index >= 15 is 0 Å². The van der Waals surface area contributed by atoms with Gasteiger partial charge in [0.25, 0.3) is 0 Å². The van der Waals surface area contributed by atoms with E-state index in [2.05, 4.69) is 4.98 Å². The highest BCUT2D eigenvalue weighted by molar-refractivity contribution is 5.79. The monoisotopic (exact) mass is 175 g/mol. The zero-order valence-corrected chi connectivity index (χ0v) is 7.63. The number of aryl methyl sites for hydroxylation is 2. The fourth-order valence-corrected chi connectivity index (χ4v) is 1.37. The average molecular weight is 175 g/mol. The minimum Gasteiger partial charge on any atom is -0.256 e. The van der Waals surface area contributed by atoms with Crippen molar-refractivity contribution < 1.29 is 4.39 Å². The summed E-state index contributed by atoms with van der Waals surface area (Å²) in [5.41, 5.74) is 2.48. The van der Waals surface area contributed by atoms with Gasteiger partial charge < -0.3 is 0 Å². The fraction of sp³-hybridized carbons (Fsp3) is 0.182. The Kier molecular flexibility index (Phi) is 1.76. The summed E-state index contributed by atoms with van der Waals surface area (Å²) >= 11 is 0. The lowest BCUT2D eigenvalue weighted by atomic mass is 10.1. The second-order valence-electron chi connectivity index (χ2n) is 3.31. The van der Waals surface area contributed by atoms with Crippen LogP contribution < -0.4 is 0 Å². The maximum absolute atomic E-state index is 13.1. The Balaban J connectivity index is 2.81. The zero-order valence-electron chi connectivity index (χ0n) is 7.63. The van der Waals surface area contributed by atoms with Gasteiger partial charge >= 0.3 is 0 Å². The van der Waals surface area contributed by atoms with Crippen molar-refractivity contribution >= 4 is 10.9 Å². The Bertz CT molecular complexity index is 463. The van der Waals surface area contributed by atoms with Gasteiger partial charge in [0.2, 0.25) is 0 Å². The molecule has 0 amide bonds. The molecule has 66 valence electrons. The van der Waals surface area contributed by atoms with Gasteiger partial charge in [0.1, 0.15) is 5.82 Å². The van der Waals surface area contributed by atoms with E-state index in [1.54, 1.807) is 13.1 Å². The van der Waals surface area contributed by atoms with E-state index in [4.69, 9.17) is 0 Å². The molecule has 1 heterocycles. The zero-order chi connectivity index (χ0) is 9.42. The molecule has 0 radical (unpaired) electrons. The van der Waals surface area contributed by atoms with E-state index in [1.165, 1.54) is 6.07 Å². The van der Waals surface area contributed by atoms with Crippen molar-refractivity contribution in [3.05, 3.63) is 41.3 Å². The van der Waals surface area contributed by atoms with Gasteiger partial charge in [-0.2, -0.15) is 0 Å². The van der Waals surface area contributed by atoms with Gasteiger partial charge in [-0.15, -0.1) is 0 Å². The molecule has 0 N–H and O–H groups in total. The number of benzene rings is 1. The highest BCUT2D eigenvalue weighted by atomic mass is 19.1. The van der Waals surface area contributed by atoms with Crippen LogP contribution >= 0.6 is 0 Å². The van der Waals surface area contributed by atoms with Gasteiger partial charge in [-0.25, -0.2) is 4.39 Å². The highest BCUT2D eigenvalue weighted by Gasteiger charge is 2.01. The van der Waals surface area contributed by atoms with Crippen molar-refractivity contribution in [3.63, 3.8) is 0 Å². The first-order valence-electron chi connectivity index (χ1n) is 4.19. The van der Waals surface area contributed by atoms with Gasteiger partial charge in [0.05, 0.1) is 5.52 Å². The number of fused-ring (bicyclic) bond motifs is 1. The molecule has 0 saturated heterocycles. The summed E-state index contributed by atoms with van der Waals surface area (Å²) in [5.74, 6) is -0.191. The van der Waals surface area contributed by atoms with E-state index in [-0.39, 0.29) is 5.82 Å². The van der Waals surface area contributed by atoms with Crippen molar-refractivity contribution in [1.82, 2.24) is 4.98 Å². The van der Waals surface area contributed by atoms with Crippen LogP contribution in [0.4, 0.5) is 4.39 Å². The number of aromatic nitrogens is 1. The highest BCUT2D eigenvalue weighted by Crippen LogP contribution is 2.17. The number of pyridine rings is 1. The lowest BCUT2D eigenvalue weighted by Gasteiger charge is -2.01. The van der Waals surface area contributed by atoms with Gasteiger partial charge in [0, 0.05) is 17.6 Å². The number of nitrogens with zero attached hydrogens (tertiary/aromatic N) is 1. The van der Waals surface area contributed by atoms with E-state index < -0.39 is 0 Å². The predicted octanol–water partition coefficient (Wildman–Crippen LogP) is 2.99. The summed E-state index contributed by atoms with van der Waals surface area (Å²) in [6, 6.07) is 5.31. The summed E-state index contributed by atoms with van der Waals surface area (Å²) in [6.07, 6.45) is 1.75. The first-order chi connectivity index (χ1) is 6.16. The second-order valence-corrected chi connectivity index (χ2v) is 3.31. The summed E-state index contributed by atoms with van der Waals surface area (Å²) in [4.78, 5) is 4.14. The number of hydrogen-bond donors (Lipinski definition) is 0. The van der Waals surface area contributed by atoms with Crippen LogP contribution in [-0.4, -0.2) is 4.98 Å². The maximum atomic E-state index is 13.1. The molecule has 2 aromatic rings. The van der Waals surface area contributed by atoms with Gasteiger partial charge in [-0.05, 0) is 37.1 Å². The van der Waals surface area contributed by atoms with Crippen LogP contribution in [-0.2, 0) is 0 Å². The Morgan fingerprint density at radius 2 is 1.92 bits per heavy atom. The summed E-state index contributed by atoms with van der Waals surface area (Å²) in [5, 5.41) is 0.999. The van der Waals surface area contributed by atoms with Crippen LogP contribution in [0, 0.1) is 19.7 Å². The fourth-order valence-electron chi connectivity index (χ4n) is 1.37. The minimum atomic E-state index is -0.191. The molecule has 0 saturated carbocycles. The standard InChI is InChI=1S/C11H10FN/c1-7-3-9-4-8(2)10(12)5-11(9)13-6-7/h3-6H,1-2H3. The Morgan fingerprint density at radius 1 is 1.15 bits per heavy atom. The Hall–Kier alpha value is -1.44. The molecule has 0 spiro atoms. The van der Waals surface area contributed by atoms with Gasteiger partial charge in [0.15, 0.2) is 0 Å². The third kappa shape index (κ3) is 1.39. The normalized spacial score (nSPS) is 10.7. The average Bonchev–Trinajstić information content (AvgIpc) is 2.08. The molecule has 13 heavy (non-hydrogen) atoms. The summed E-state index contributed by atoms with van der Waals surface area (Å²) in [6.45, 7) is 3.74. The topological polar surface area (TPSA) is 12.9 Å². The second kappa shape index (κ2) is 2.80. The van der Waals surface area contributed by atoms with Crippen molar-refractivity contribution in [2.75, 3.05) is 0 Å². The van der Waals surface area contributed by atoms with Crippen LogP contribution in [0.15, 0.2) is 24.4 Å². The van der Waals surface area contributed by atoms with Crippen molar-refractivity contribution in [2.45, 2.75) is 13.8 Å². The molecular formula is C11H10FN. The third-order valence-corrected chi connectivity index (χ3v) is 2.10. The van der Waals surface area contributed by atoms with Crippen molar-refractivity contribution in [1.29, 1.82) is 0 Å². The molecule has 1 nitrogen and oxygen atoms in total. The molecule has 0 aliphatic carbocycles. The van der Waals surface area contributed by atoms with Crippen LogP contribution in [0.5, 0.6) is 0 Å². The third-order valence-electron chi connectivity index (χ3n) is 2.10. The van der Waals surface area contributed by atoms with Crippen molar-refractivity contribution in [3.8, 4) is 0 Å². The van der Waals surface area contributed by atoms with Crippen molar-refractivity contribution in [2.24, 2.45) is 0 Å². The summed E-state index contributed by atoms with van der Waals surface area (Å²) in [7, 11) is 0. The Morgan fingerprint density at radius 3 is 2.69 bits per heavy atom. The lowest BCUT2D eigenvalue weighted by Crippen LogP contribution is -1.86. The molecule has 1 aromatic carbocycles. The molecule has 0 fully saturated rings. The smallest absolute Gasteiger partial charge is 0.128 e. The quantitative estimate of drug-likeness (QED) is 0.599. The van der Waals surface area contributed by atoms with E-state index in [0.29, 0.717) is 11.1 Å². The SMILES string of the molecule is Cc1cnc2cc(F)c(C)cc2c1. The van der Waals surface area contributed by atoms with E-state index in [9.17, 15) is 4.39 Å². The molecular weight excluding hydrogens is 165 g/mol. The maximum Gasteiger partial charge on any atom is 0.128 e. The molecule has 2 rings (SSSR count). The van der Waals surface area contributed by atoms with Crippen LogP contribution in [0.25, 0.3) is 10.9 Å².